The van der Waals surface area contributed by atoms with Crippen LogP contribution in [0.2, 0.25) is 0 Å². The largest absolute Gasteiger partial charge is 0.372 e. The van der Waals surface area contributed by atoms with Crippen LogP contribution in [0, 0.1) is 0 Å². The fourth-order valence-corrected chi connectivity index (χ4v) is 4.38. The number of aryl methyl sites for hydroxylation is 1. The first-order valence-corrected chi connectivity index (χ1v) is 11.2. The number of aromatic nitrogens is 2. The molecule has 2 aliphatic rings. The molecule has 0 radical (unpaired) electrons. The fourth-order valence-electron chi connectivity index (χ4n) is 4.38. The Morgan fingerprint density at radius 3 is 2.37 bits per heavy atom. The average molecular weight is 411 g/mol. The summed E-state index contributed by atoms with van der Waals surface area (Å²) in [6.45, 7) is 8.83. The smallest absolute Gasteiger partial charge is 0.241 e. The predicted molar refractivity (Wildman–Crippen MR) is 121 cm³/mol. The number of nitrogens with one attached hydrogen (secondary N) is 1. The van der Waals surface area contributed by atoms with Gasteiger partial charge in [0.2, 0.25) is 5.91 Å². The molecule has 0 saturated carbocycles. The lowest BCUT2D eigenvalue weighted by atomic mass is 10.1. The lowest BCUT2D eigenvalue weighted by molar-refractivity contribution is -0.121. The zero-order valence-corrected chi connectivity index (χ0v) is 18.3. The van der Waals surface area contributed by atoms with E-state index in [0.717, 1.165) is 57.3 Å². The van der Waals surface area contributed by atoms with Crippen LogP contribution in [0.15, 0.2) is 36.7 Å². The molecule has 1 amide bonds. The van der Waals surface area contributed by atoms with Crippen LogP contribution >= 0.6 is 0 Å². The minimum atomic E-state index is -0.137. The first-order valence-electron chi connectivity index (χ1n) is 11.2. The van der Waals surface area contributed by atoms with Crippen molar-refractivity contribution in [3.63, 3.8) is 0 Å². The van der Waals surface area contributed by atoms with Crippen LogP contribution < -0.4 is 10.2 Å². The van der Waals surface area contributed by atoms with Crippen molar-refractivity contribution in [1.29, 1.82) is 0 Å². The Balaban J connectivity index is 1.25. The van der Waals surface area contributed by atoms with E-state index in [1.807, 2.05) is 38.5 Å². The van der Waals surface area contributed by atoms with Crippen LogP contribution in [-0.2, 0) is 18.4 Å². The molecule has 2 fully saturated rings. The summed E-state index contributed by atoms with van der Waals surface area (Å²) >= 11 is 0. The zero-order valence-electron chi connectivity index (χ0n) is 18.3. The van der Waals surface area contributed by atoms with Gasteiger partial charge in [-0.25, -0.2) is 4.98 Å². The Hall–Kier alpha value is -2.38. The van der Waals surface area contributed by atoms with Crippen LogP contribution in [0.4, 0.5) is 11.4 Å². The highest BCUT2D eigenvalue weighted by molar-refractivity contribution is 5.94. The quantitative estimate of drug-likeness (QED) is 0.793. The van der Waals surface area contributed by atoms with Gasteiger partial charge in [0, 0.05) is 70.1 Å². The molecule has 2 aromatic rings. The molecule has 1 atom stereocenters. The highest BCUT2D eigenvalue weighted by Gasteiger charge is 2.26. The molecular weight excluding hydrogens is 376 g/mol. The van der Waals surface area contributed by atoms with Gasteiger partial charge in [-0.15, -0.1) is 0 Å². The molecule has 1 unspecified atom stereocenters. The summed E-state index contributed by atoms with van der Waals surface area (Å²) in [4.78, 5) is 24.3. The van der Waals surface area contributed by atoms with E-state index in [-0.39, 0.29) is 11.9 Å². The van der Waals surface area contributed by atoms with Gasteiger partial charge in [0.15, 0.2) is 0 Å². The molecule has 4 rings (SSSR count). The molecule has 0 aliphatic carbocycles. The molecule has 3 heterocycles. The second-order valence-electron chi connectivity index (χ2n) is 8.53. The number of hydrogen-bond acceptors (Lipinski definition) is 5. The van der Waals surface area contributed by atoms with E-state index in [0.29, 0.717) is 0 Å². The van der Waals surface area contributed by atoms with Crippen molar-refractivity contribution in [2.45, 2.75) is 38.8 Å². The van der Waals surface area contributed by atoms with Crippen molar-refractivity contribution in [1.82, 2.24) is 19.4 Å². The number of piperidine rings is 1. The van der Waals surface area contributed by atoms with Crippen molar-refractivity contribution in [2.24, 2.45) is 7.05 Å². The van der Waals surface area contributed by atoms with E-state index >= 15 is 0 Å². The Kier molecular flexibility index (Phi) is 6.69. The predicted octanol–water partition coefficient (Wildman–Crippen LogP) is 2.56. The van der Waals surface area contributed by atoms with Gasteiger partial charge in [-0.2, -0.15) is 0 Å². The number of hydrogen-bond donors (Lipinski definition) is 1. The Bertz CT molecular complexity index is 818. The summed E-state index contributed by atoms with van der Waals surface area (Å²) in [5.41, 5.74) is 2.13. The Morgan fingerprint density at radius 2 is 1.73 bits per heavy atom. The summed E-state index contributed by atoms with van der Waals surface area (Å²) < 4.78 is 2.07. The molecule has 7 nitrogen and oxygen atoms in total. The number of imidazole rings is 1. The topological polar surface area (TPSA) is 56.6 Å². The van der Waals surface area contributed by atoms with Gasteiger partial charge in [0.25, 0.3) is 0 Å². The van der Waals surface area contributed by atoms with Gasteiger partial charge in [-0.1, -0.05) is 0 Å². The minimum Gasteiger partial charge on any atom is -0.372 e. The highest BCUT2D eigenvalue weighted by atomic mass is 16.2. The zero-order chi connectivity index (χ0) is 20.9. The van der Waals surface area contributed by atoms with Crippen molar-refractivity contribution in [2.75, 3.05) is 49.5 Å². The van der Waals surface area contributed by atoms with Gasteiger partial charge >= 0.3 is 0 Å². The average Bonchev–Trinajstić information content (AvgIpc) is 3.19. The summed E-state index contributed by atoms with van der Waals surface area (Å²) in [5, 5.41) is 3.10. The Morgan fingerprint density at radius 1 is 1.03 bits per heavy atom. The molecule has 2 aliphatic heterocycles. The second kappa shape index (κ2) is 9.62. The van der Waals surface area contributed by atoms with Gasteiger partial charge in [0.05, 0.1) is 12.6 Å². The monoisotopic (exact) mass is 410 g/mol. The number of benzene rings is 1. The summed E-state index contributed by atoms with van der Waals surface area (Å²) in [5.74, 6) is 1.15. The molecule has 0 spiro atoms. The van der Waals surface area contributed by atoms with Crippen molar-refractivity contribution in [3.05, 3.63) is 42.5 Å². The molecule has 1 aromatic heterocycles. The number of anilines is 2. The number of rotatable bonds is 6. The normalized spacial score (nSPS) is 19.6. The van der Waals surface area contributed by atoms with Gasteiger partial charge < -0.3 is 14.8 Å². The summed E-state index contributed by atoms with van der Waals surface area (Å²) in [6.07, 6.45) is 7.70. The number of carbonyl (C=O) groups excluding carboxylic acids is 1. The van der Waals surface area contributed by atoms with Crippen LogP contribution in [0.5, 0.6) is 0 Å². The summed E-state index contributed by atoms with van der Waals surface area (Å²) in [6, 6.07) is 8.17. The van der Waals surface area contributed by atoms with E-state index < -0.39 is 0 Å². The van der Waals surface area contributed by atoms with Crippen LogP contribution in [-0.4, -0.2) is 70.6 Å². The third-order valence-corrected chi connectivity index (χ3v) is 6.48. The lowest BCUT2D eigenvalue weighted by Crippen LogP contribution is -2.52. The molecule has 2 saturated heterocycles. The number of nitrogens with zero attached hydrogens (tertiary/aromatic N) is 5. The molecule has 30 heavy (non-hydrogen) atoms. The number of amides is 1. The number of piperazine rings is 1. The van der Waals surface area contributed by atoms with Crippen molar-refractivity contribution >= 4 is 17.3 Å². The summed E-state index contributed by atoms with van der Waals surface area (Å²) in [7, 11) is 2.03. The fraction of sp³-hybridized carbons (Fsp3) is 0.565. The molecule has 1 N–H and O–H groups in total. The van der Waals surface area contributed by atoms with E-state index in [4.69, 9.17) is 0 Å². The minimum absolute atomic E-state index is 0.0678. The Labute approximate surface area is 179 Å². The maximum Gasteiger partial charge on any atom is 0.241 e. The maximum atomic E-state index is 12.8. The van der Waals surface area contributed by atoms with Crippen molar-refractivity contribution in [3.8, 4) is 0 Å². The molecule has 7 heteroatoms. The van der Waals surface area contributed by atoms with Crippen LogP contribution in [0.1, 0.15) is 32.0 Å². The lowest BCUT2D eigenvalue weighted by Gasteiger charge is -2.37. The van der Waals surface area contributed by atoms with E-state index in [9.17, 15) is 4.79 Å². The van der Waals surface area contributed by atoms with Crippen molar-refractivity contribution < 1.29 is 4.79 Å². The highest BCUT2D eigenvalue weighted by Crippen LogP contribution is 2.22. The third-order valence-electron chi connectivity index (χ3n) is 6.48. The van der Waals surface area contributed by atoms with Crippen LogP contribution in [0.25, 0.3) is 0 Å². The first kappa shape index (κ1) is 20.9. The van der Waals surface area contributed by atoms with E-state index in [2.05, 4.69) is 41.7 Å². The molecule has 0 bridgehead atoms. The van der Waals surface area contributed by atoms with E-state index in [1.165, 1.54) is 24.9 Å². The molecule has 162 valence electrons. The maximum absolute atomic E-state index is 12.8. The van der Waals surface area contributed by atoms with Crippen LogP contribution in [0.3, 0.4) is 0 Å². The molecule has 1 aromatic carbocycles. The SMILES string of the molecule is CC(C(=O)Nc1ccc(N2CCCCC2)cc1)N1CCN(Cc2nccn2C)CC1. The first-order chi connectivity index (χ1) is 14.6. The standard InChI is InChI=1S/C23H34N6O/c1-19(28-16-14-27(15-17-28)18-22-24-10-13-26(22)2)23(30)25-20-6-8-21(9-7-20)29-11-4-3-5-12-29/h6-10,13,19H,3-5,11-12,14-18H2,1-2H3,(H,25,30). The third kappa shape index (κ3) is 5.02. The van der Waals surface area contributed by atoms with E-state index in [1.54, 1.807) is 0 Å². The van der Waals surface area contributed by atoms with Gasteiger partial charge in [-0.3, -0.25) is 14.6 Å². The van der Waals surface area contributed by atoms with Gasteiger partial charge in [0.1, 0.15) is 5.82 Å². The second-order valence-corrected chi connectivity index (χ2v) is 8.53. The number of carbonyl (C=O) groups is 1. The van der Waals surface area contributed by atoms with Gasteiger partial charge in [-0.05, 0) is 50.5 Å². The molecular formula is C23H34N6O.